The number of aromatic amines is 1. The summed E-state index contributed by atoms with van der Waals surface area (Å²) in [6.07, 6.45) is 1.59. The number of benzene rings is 2. The molecule has 2 N–H and O–H groups in total. The van der Waals surface area contributed by atoms with Gasteiger partial charge in [0.2, 0.25) is 0 Å². The third-order valence-corrected chi connectivity index (χ3v) is 5.99. The first kappa shape index (κ1) is 21.0. The fourth-order valence-corrected chi connectivity index (χ4v) is 4.22. The zero-order valence-electron chi connectivity index (χ0n) is 17.3. The van der Waals surface area contributed by atoms with Gasteiger partial charge >= 0.3 is 0 Å². The molecular weight excluding hydrogens is 400 g/mol. The molecule has 3 aromatic rings. The highest BCUT2D eigenvalue weighted by molar-refractivity contribution is 6.32. The summed E-state index contributed by atoms with van der Waals surface area (Å²) in [5, 5.41) is 12.2. The summed E-state index contributed by atoms with van der Waals surface area (Å²) >= 11 is 6.16. The number of aryl methyl sites for hydroxylation is 1. The van der Waals surface area contributed by atoms with Crippen molar-refractivity contribution < 1.29 is 14.6 Å². The third kappa shape index (κ3) is 5.28. The van der Waals surface area contributed by atoms with E-state index in [4.69, 9.17) is 21.1 Å². The van der Waals surface area contributed by atoms with Crippen molar-refractivity contribution in [3.05, 3.63) is 59.2 Å². The second-order valence-electron chi connectivity index (χ2n) is 8.12. The van der Waals surface area contributed by atoms with Crippen LogP contribution in [-0.4, -0.2) is 53.9 Å². The number of aromatic nitrogens is 1. The van der Waals surface area contributed by atoms with Crippen LogP contribution in [-0.2, 0) is 0 Å². The average molecular weight is 429 g/mol. The number of β-amino-alcohol motifs (C(OH)–C–C–N with tert-alkyl or cyclic N) is 1. The fraction of sp³-hybridized carbons (Fsp3) is 0.417. The van der Waals surface area contributed by atoms with E-state index < -0.39 is 6.10 Å². The minimum absolute atomic E-state index is 0.291. The number of halogens is 1. The Morgan fingerprint density at radius 1 is 1.10 bits per heavy atom. The maximum Gasteiger partial charge on any atom is 0.137 e. The number of piperidine rings is 1. The van der Waals surface area contributed by atoms with E-state index in [2.05, 4.69) is 16.0 Å². The Kier molecular flexibility index (Phi) is 6.82. The maximum atomic E-state index is 10.5. The van der Waals surface area contributed by atoms with Crippen molar-refractivity contribution in [2.45, 2.75) is 25.9 Å². The number of hydrogen-bond acceptors (Lipinski definition) is 4. The van der Waals surface area contributed by atoms with Crippen molar-refractivity contribution >= 4 is 22.5 Å². The molecule has 4 rings (SSSR count). The minimum atomic E-state index is -0.517. The van der Waals surface area contributed by atoms with Gasteiger partial charge in [0.05, 0.1) is 11.6 Å². The predicted octanol–water partition coefficient (Wildman–Crippen LogP) is 4.66. The molecule has 0 amide bonds. The second-order valence-corrected chi connectivity index (χ2v) is 8.53. The van der Waals surface area contributed by atoms with Crippen molar-refractivity contribution in [1.29, 1.82) is 0 Å². The van der Waals surface area contributed by atoms with Gasteiger partial charge in [-0.1, -0.05) is 29.8 Å². The van der Waals surface area contributed by atoms with E-state index in [1.54, 1.807) is 0 Å². The molecular formula is C24H29ClN2O3. The lowest BCUT2D eigenvalue weighted by molar-refractivity contribution is 0.0507. The number of aliphatic hydroxyl groups is 1. The predicted molar refractivity (Wildman–Crippen MR) is 121 cm³/mol. The minimum Gasteiger partial charge on any atom is -0.492 e. The molecule has 1 aromatic heterocycles. The second kappa shape index (κ2) is 9.73. The molecule has 0 bridgehead atoms. The van der Waals surface area contributed by atoms with Crippen LogP contribution >= 0.6 is 11.6 Å². The van der Waals surface area contributed by atoms with Crippen LogP contribution < -0.4 is 9.47 Å². The fourth-order valence-electron chi connectivity index (χ4n) is 4.03. The van der Waals surface area contributed by atoms with Crippen LogP contribution in [0.5, 0.6) is 11.5 Å². The summed E-state index contributed by atoms with van der Waals surface area (Å²) < 4.78 is 11.8. The van der Waals surface area contributed by atoms with Crippen LogP contribution in [0.1, 0.15) is 18.5 Å². The van der Waals surface area contributed by atoms with Crippen LogP contribution in [0.15, 0.2) is 48.5 Å². The summed E-state index contributed by atoms with van der Waals surface area (Å²) in [6, 6.07) is 15.6. The Morgan fingerprint density at radius 2 is 1.87 bits per heavy atom. The van der Waals surface area contributed by atoms with Crippen LogP contribution in [0.3, 0.4) is 0 Å². The average Bonchev–Trinajstić information content (AvgIpc) is 3.13. The number of nitrogens with one attached hydrogen (secondary N) is 1. The van der Waals surface area contributed by atoms with E-state index in [1.807, 2.05) is 49.4 Å². The molecule has 1 aliphatic rings. The lowest BCUT2D eigenvalue weighted by atomic mass is 9.97. The Balaban J connectivity index is 1.20. The topological polar surface area (TPSA) is 57.7 Å². The Morgan fingerprint density at radius 3 is 2.67 bits per heavy atom. The highest BCUT2D eigenvalue weighted by Crippen LogP contribution is 2.27. The quantitative estimate of drug-likeness (QED) is 0.547. The highest BCUT2D eigenvalue weighted by atomic mass is 35.5. The number of likely N-dealkylation sites (tertiary alicyclic amines) is 1. The summed E-state index contributed by atoms with van der Waals surface area (Å²) in [5.41, 5.74) is 2.16. The van der Waals surface area contributed by atoms with E-state index in [0.717, 1.165) is 54.0 Å². The summed E-state index contributed by atoms with van der Waals surface area (Å²) in [4.78, 5) is 5.62. The molecule has 6 heteroatoms. The Bertz CT molecular complexity index is 966. The maximum absolute atomic E-state index is 10.5. The standard InChI is InChI=1S/C24H29ClN2O3/c1-17-13-20-22(26-17)6-4-8-23(20)30-16-19(28)14-27-11-9-18(10-12-27)15-29-24-7-3-2-5-21(24)25/h2-8,13,18-19,26,28H,9-12,14-16H2,1H3. The number of fused-ring (bicyclic) bond motifs is 1. The normalized spacial score (nSPS) is 16.6. The van der Waals surface area contributed by atoms with Crippen LogP contribution in [0.25, 0.3) is 10.9 Å². The van der Waals surface area contributed by atoms with Crippen molar-refractivity contribution in [3.8, 4) is 11.5 Å². The summed E-state index contributed by atoms with van der Waals surface area (Å²) in [5.74, 6) is 2.08. The molecule has 0 aliphatic carbocycles. The molecule has 1 saturated heterocycles. The molecule has 30 heavy (non-hydrogen) atoms. The van der Waals surface area contributed by atoms with E-state index in [-0.39, 0.29) is 0 Å². The molecule has 5 nitrogen and oxygen atoms in total. The number of H-pyrrole nitrogens is 1. The van der Waals surface area contributed by atoms with Crippen molar-refractivity contribution in [2.75, 3.05) is 32.8 Å². The lowest BCUT2D eigenvalue weighted by Crippen LogP contribution is -2.41. The summed E-state index contributed by atoms with van der Waals surface area (Å²) in [6.45, 7) is 5.55. The zero-order valence-corrected chi connectivity index (χ0v) is 18.1. The van der Waals surface area contributed by atoms with Gasteiger partial charge in [-0.25, -0.2) is 0 Å². The molecule has 0 saturated carbocycles. The van der Waals surface area contributed by atoms with E-state index in [1.165, 1.54) is 0 Å². The monoisotopic (exact) mass is 428 g/mol. The van der Waals surface area contributed by atoms with Gasteiger partial charge in [0, 0.05) is 23.1 Å². The highest BCUT2D eigenvalue weighted by Gasteiger charge is 2.22. The van der Waals surface area contributed by atoms with Gasteiger partial charge in [0.1, 0.15) is 24.2 Å². The van der Waals surface area contributed by atoms with Gasteiger partial charge in [-0.15, -0.1) is 0 Å². The number of nitrogens with zero attached hydrogens (tertiary/aromatic N) is 1. The summed E-state index contributed by atoms with van der Waals surface area (Å²) in [7, 11) is 0. The van der Waals surface area contributed by atoms with Crippen LogP contribution in [0.2, 0.25) is 5.02 Å². The van der Waals surface area contributed by atoms with E-state index >= 15 is 0 Å². The van der Waals surface area contributed by atoms with Gasteiger partial charge < -0.3 is 24.5 Å². The third-order valence-electron chi connectivity index (χ3n) is 5.68. The zero-order chi connectivity index (χ0) is 20.9. The molecule has 2 aromatic carbocycles. The first-order valence-corrected chi connectivity index (χ1v) is 10.9. The molecule has 0 radical (unpaired) electrons. The van der Waals surface area contributed by atoms with Gasteiger partial charge in [-0.05, 0) is 69.1 Å². The van der Waals surface area contributed by atoms with Gasteiger partial charge in [0.25, 0.3) is 0 Å². The molecule has 1 aliphatic heterocycles. The molecule has 160 valence electrons. The van der Waals surface area contributed by atoms with Crippen molar-refractivity contribution in [3.63, 3.8) is 0 Å². The van der Waals surface area contributed by atoms with Gasteiger partial charge in [-0.3, -0.25) is 0 Å². The molecule has 0 spiro atoms. The molecule has 1 fully saturated rings. The largest absolute Gasteiger partial charge is 0.492 e. The first-order chi connectivity index (χ1) is 14.6. The number of ether oxygens (including phenoxy) is 2. The molecule has 2 heterocycles. The number of aliphatic hydroxyl groups excluding tert-OH is 1. The molecule has 1 atom stereocenters. The number of hydrogen-bond donors (Lipinski definition) is 2. The van der Waals surface area contributed by atoms with E-state index in [0.29, 0.717) is 30.7 Å². The van der Waals surface area contributed by atoms with Crippen LogP contribution in [0.4, 0.5) is 0 Å². The number of para-hydroxylation sites is 1. The molecule has 1 unspecified atom stereocenters. The van der Waals surface area contributed by atoms with Crippen LogP contribution in [0, 0.1) is 12.8 Å². The SMILES string of the molecule is Cc1cc2c(OCC(O)CN3CCC(COc4ccccc4Cl)CC3)cccc2[nH]1. The number of rotatable bonds is 8. The van der Waals surface area contributed by atoms with Gasteiger partial charge in [-0.2, -0.15) is 0 Å². The van der Waals surface area contributed by atoms with Crippen molar-refractivity contribution in [1.82, 2.24) is 9.88 Å². The van der Waals surface area contributed by atoms with E-state index in [9.17, 15) is 5.11 Å². The van der Waals surface area contributed by atoms with Crippen molar-refractivity contribution in [2.24, 2.45) is 5.92 Å². The lowest BCUT2D eigenvalue weighted by Gasteiger charge is -2.33. The van der Waals surface area contributed by atoms with Gasteiger partial charge in [0.15, 0.2) is 0 Å². The first-order valence-electron chi connectivity index (χ1n) is 10.6. The Labute approximate surface area is 182 Å². The Hall–Kier alpha value is -2.21. The smallest absolute Gasteiger partial charge is 0.137 e.